The maximum absolute atomic E-state index is 11.9. The van der Waals surface area contributed by atoms with Crippen molar-refractivity contribution >= 4 is 17.1 Å². The fourth-order valence-electron chi connectivity index (χ4n) is 1.71. The number of aromatic nitrogens is 6. The zero-order chi connectivity index (χ0) is 13.6. The minimum absolute atomic E-state index is 0.00349. The zero-order valence-corrected chi connectivity index (χ0v) is 9.73. The highest BCUT2D eigenvalue weighted by Crippen LogP contribution is 2.06. The van der Waals surface area contributed by atoms with Crippen LogP contribution in [0.2, 0.25) is 0 Å². The molecule has 0 fully saturated rings. The Morgan fingerprint density at radius 3 is 2.95 bits per heavy atom. The summed E-state index contributed by atoms with van der Waals surface area (Å²) in [6.45, 7) is 0. The van der Waals surface area contributed by atoms with Crippen LogP contribution in [0.5, 0.6) is 0 Å². The molecule has 19 heavy (non-hydrogen) atoms. The van der Waals surface area contributed by atoms with Crippen LogP contribution in [0.3, 0.4) is 0 Å². The zero-order valence-electron chi connectivity index (χ0n) is 9.73. The van der Waals surface area contributed by atoms with E-state index < -0.39 is 5.97 Å². The number of nitrogens with one attached hydrogen (secondary N) is 1. The predicted octanol–water partition coefficient (Wildman–Crippen LogP) is -0.460. The van der Waals surface area contributed by atoms with Gasteiger partial charge in [0.25, 0.3) is 5.56 Å². The monoisotopic (exact) mass is 260 g/mol. The number of imidazole rings is 1. The lowest BCUT2D eigenvalue weighted by Gasteiger charge is -1.99. The van der Waals surface area contributed by atoms with Crippen LogP contribution in [0.15, 0.2) is 23.5 Å². The van der Waals surface area contributed by atoms with Crippen molar-refractivity contribution in [1.29, 1.82) is 0 Å². The molecular weight excluding hydrogens is 252 g/mol. The Morgan fingerprint density at radius 1 is 1.47 bits per heavy atom. The first-order valence-electron chi connectivity index (χ1n) is 5.26. The van der Waals surface area contributed by atoms with Gasteiger partial charge in [0.05, 0.1) is 18.1 Å². The molecule has 0 amide bonds. The van der Waals surface area contributed by atoms with E-state index in [0.29, 0.717) is 5.52 Å². The molecule has 3 heterocycles. The van der Waals surface area contributed by atoms with Gasteiger partial charge in [0.15, 0.2) is 11.2 Å². The van der Waals surface area contributed by atoms with Crippen molar-refractivity contribution in [2.75, 3.05) is 0 Å². The Balaban J connectivity index is 2.19. The summed E-state index contributed by atoms with van der Waals surface area (Å²) in [6, 6.07) is 0. The molecule has 0 radical (unpaired) electrons. The molecule has 0 aromatic carbocycles. The number of aryl methyl sites for hydroxylation is 1. The number of nitrogens with zero attached hydrogens (tertiary/aromatic N) is 5. The van der Waals surface area contributed by atoms with Gasteiger partial charge in [-0.3, -0.25) is 9.78 Å². The molecule has 0 unspecified atom stereocenters. The Labute approximate surface area is 105 Å². The molecule has 0 saturated carbocycles. The van der Waals surface area contributed by atoms with E-state index in [2.05, 4.69) is 20.1 Å². The third kappa shape index (κ3) is 1.68. The molecule has 3 aromatic rings. The molecule has 96 valence electrons. The molecular formula is C10H8N6O3. The average Bonchev–Trinajstić information content (AvgIpc) is 2.96. The number of fused-ring (bicyclic) bond motifs is 1. The van der Waals surface area contributed by atoms with Gasteiger partial charge in [-0.1, -0.05) is 0 Å². The minimum Gasteiger partial charge on any atom is -0.478 e. The summed E-state index contributed by atoms with van der Waals surface area (Å²) in [4.78, 5) is 33.3. The lowest BCUT2D eigenvalue weighted by Crippen LogP contribution is -2.15. The van der Waals surface area contributed by atoms with Crippen molar-refractivity contribution in [1.82, 2.24) is 29.3 Å². The molecule has 0 aliphatic heterocycles. The number of carboxylic acid groups (broad SMARTS) is 1. The third-order valence-electron chi connectivity index (χ3n) is 2.62. The molecule has 0 bridgehead atoms. The minimum atomic E-state index is -1.10. The van der Waals surface area contributed by atoms with E-state index in [-0.39, 0.29) is 22.7 Å². The summed E-state index contributed by atoms with van der Waals surface area (Å²) in [6.07, 6.45) is 3.91. The fourth-order valence-corrected chi connectivity index (χ4v) is 1.71. The molecule has 0 aliphatic carbocycles. The highest BCUT2D eigenvalue weighted by molar-refractivity contribution is 5.86. The Kier molecular flexibility index (Phi) is 2.21. The van der Waals surface area contributed by atoms with E-state index in [1.807, 2.05) is 0 Å². The first-order valence-corrected chi connectivity index (χ1v) is 5.26. The molecule has 2 N–H and O–H groups in total. The molecule has 0 saturated heterocycles. The summed E-state index contributed by atoms with van der Waals surface area (Å²) < 4.78 is 2.73. The first-order chi connectivity index (χ1) is 9.06. The lowest BCUT2D eigenvalue weighted by molar-refractivity contribution is 0.0697. The average molecular weight is 260 g/mol. The number of rotatable bonds is 2. The van der Waals surface area contributed by atoms with Crippen LogP contribution in [0.25, 0.3) is 17.1 Å². The lowest BCUT2D eigenvalue weighted by atomic mass is 10.4. The van der Waals surface area contributed by atoms with Gasteiger partial charge in [0.2, 0.25) is 5.95 Å². The maximum Gasteiger partial charge on any atom is 0.338 e. The Hall–Kier alpha value is -2.97. The standard InChI is InChI=1S/C10H8N6O3/c1-15-4-11-7-6(15)8(17)14-10(13-7)16-3-5(2-12-16)9(18)19/h2-4H,1H3,(H,18,19)(H,13,14,17). The smallest absolute Gasteiger partial charge is 0.338 e. The summed E-state index contributed by atoms with van der Waals surface area (Å²) in [7, 11) is 1.68. The van der Waals surface area contributed by atoms with Gasteiger partial charge in [-0.25, -0.2) is 14.5 Å². The summed E-state index contributed by atoms with van der Waals surface area (Å²) in [5.41, 5.74) is 0.249. The fraction of sp³-hybridized carbons (Fsp3) is 0.100. The van der Waals surface area contributed by atoms with Crippen LogP contribution in [0, 0.1) is 0 Å². The number of aromatic amines is 1. The largest absolute Gasteiger partial charge is 0.478 e. The normalized spacial score (nSPS) is 11.0. The van der Waals surface area contributed by atoms with Crippen LogP contribution in [0.1, 0.15) is 10.4 Å². The van der Waals surface area contributed by atoms with E-state index in [1.165, 1.54) is 23.4 Å². The van der Waals surface area contributed by atoms with Crippen molar-refractivity contribution in [3.63, 3.8) is 0 Å². The SMILES string of the molecule is Cn1cnc2nc(-n3cc(C(=O)O)cn3)[nH]c(=O)c21. The molecule has 9 heteroatoms. The second-order valence-electron chi connectivity index (χ2n) is 3.90. The molecule has 3 rings (SSSR count). The maximum atomic E-state index is 11.9. The van der Waals surface area contributed by atoms with E-state index >= 15 is 0 Å². The molecule has 3 aromatic heterocycles. The van der Waals surface area contributed by atoms with Gasteiger partial charge in [0, 0.05) is 13.2 Å². The quantitative estimate of drug-likeness (QED) is 0.643. The third-order valence-corrected chi connectivity index (χ3v) is 2.62. The van der Waals surface area contributed by atoms with Gasteiger partial charge in [-0.05, 0) is 0 Å². The van der Waals surface area contributed by atoms with E-state index in [9.17, 15) is 9.59 Å². The topological polar surface area (TPSA) is 119 Å². The molecule has 9 nitrogen and oxygen atoms in total. The molecule has 0 spiro atoms. The van der Waals surface area contributed by atoms with Gasteiger partial charge in [0.1, 0.15) is 0 Å². The second-order valence-corrected chi connectivity index (χ2v) is 3.90. The van der Waals surface area contributed by atoms with Gasteiger partial charge in [-0.2, -0.15) is 10.1 Å². The van der Waals surface area contributed by atoms with Crippen LogP contribution in [0.4, 0.5) is 0 Å². The number of aromatic carboxylic acids is 1. The Bertz CT molecular complexity index is 842. The summed E-state index contributed by atoms with van der Waals surface area (Å²) in [5, 5.41) is 12.6. The van der Waals surface area contributed by atoms with Crippen molar-refractivity contribution in [2.24, 2.45) is 7.05 Å². The van der Waals surface area contributed by atoms with Crippen LogP contribution in [-0.4, -0.2) is 40.4 Å². The van der Waals surface area contributed by atoms with Crippen LogP contribution < -0.4 is 5.56 Å². The van der Waals surface area contributed by atoms with Crippen molar-refractivity contribution in [3.8, 4) is 5.95 Å². The molecule has 0 aliphatic rings. The van der Waals surface area contributed by atoms with E-state index in [0.717, 1.165) is 0 Å². The van der Waals surface area contributed by atoms with Crippen molar-refractivity contribution in [2.45, 2.75) is 0 Å². The van der Waals surface area contributed by atoms with E-state index in [4.69, 9.17) is 5.11 Å². The first kappa shape index (κ1) is 11.1. The summed E-state index contributed by atoms with van der Waals surface area (Å²) in [5.74, 6) is -0.990. The molecule has 0 atom stereocenters. The van der Waals surface area contributed by atoms with Crippen molar-refractivity contribution < 1.29 is 9.90 Å². The number of carboxylic acids is 1. The highest BCUT2D eigenvalue weighted by Gasteiger charge is 2.12. The number of carbonyl (C=O) groups is 1. The van der Waals surface area contributed by atoms with Gasteiger partial charge >= 0.3 is 5.97 Å². The van der Waals surface area contributed by atoms with Crippen LogP contribution in [-0.2, 0) is 7.05 Å². The van der Waals surface area contributed by atoms with Crippen molar-refractivity contribution in [3.05, 3.63) is 34.6 Å². The Morgan fingerprint density at radius 2 is 2.26 bits per heavy atom. The highest BCUT2D eigenvalue weighted by atomic mass is 16.4. The number of hydrogen-bond acceptors (Lipinski definition) is 5. The predicted molar refractivity (Wildman–Crippen MR) is 63.2 cm³/mol. The number of hydrogen-bond donors (Lipinski definition) is 2. The van der Waals surface area contributed by atoms with E-state index in [1.54, 1.807) is 11.6 Å². The number of H-pyrrole nitrogens is 1. The summed E-state index contributed by atoms with van der Waals surface area (Å²) >= 11 is 0. The van der Waals surface area contributed by atoms with Crippen LogP contribution >= 0.6 is 0 Å². The van der Waals surface area contributed by atoms with Gasteiger partial charge < -0.3 is 9.67 Å². The second kappa shape index (κ2) is 3.77. The van der Waals surface area contributed by atoms with Gasteiger partial charge in [-0.15, -0.1) is 0 Å².